The van der Waals surface area contributed by atoms with Gasteiger partial charge in [-0.2, -0.15) is 0 Å². The van der Waals surface area contributed by atoms with Gasteiger partial charge < -0.3 is 20.5 Å². The van der Waals surface area contributed by atoms with Crippen molar-refractivity contribution >= 4 is 5.91 Å². The minimum absolute atomic E-state index is 0.125. The van der Waals surface area contributed by atoms with E-state index in [0.717, 1.165) is 0 Å². The van der Waals surface area contributed by atoms with Crippen LogP contribution in [0.15, 0.2) is 0 Å². The molecule has 96 valence electrons. The first-order chi connectivity index (χ1) is 7.51. The van der Waals surface area contributed by atoms with Crippen LogP contribution in [0.25, 0.3) is 0 Å². The Kier molecular flexibility index (Phi) is 8.15. The van der Waals surface area contributed by atoms with Gasteiger partial charge in [-0.3, -0.25) is 4.79 Å². The van der Waals surface area contributed by atoms with Crippen molar-refractivity contribution in [3.63, 3.8) is 0 Å². The lowest BCUT2D eigenvalue weighted by Gasteiger charge is -2.18. The summed E-state index contributed by atoms with van der Waals surface area (Å²) in [7, 11) is 3.18. The van der Waals surface area contributed by atoms with Crippen molar-refractivity contribution in [3.8, 4) is 0 Å². The first kappa shape index (κ1) is 15.3. The molecule has 0 spiro atoms. The predicted octanol–water partition coefficient (Wildman–Crippen LogP) is 0.137. The van der Waals surface area contributed by atoms with Crippen molar-refractivity contribution in [3.05, 3.63) is 0 Å². The summed E-state index contributed by atoms with van der Waals surface area (Å²) in [5, 5.41) is 2.75. The van der Waals surface area contributed by atoms with Crippen molar-refractivity contribution < 1.29 is 14.3 Å². The number of nitrogens with two attached hydrogens (primary N) is 1. The summed E-state index contributed by atoms with van der Waals surface area (Å²) in [6, 6.07) is -0.444. The Bertz CT molecular complexity index is 198. The van der Waals surface area contributed by atoms with Crippen LogP contribution >= 0.6 is 0 Å². The molecule has 0 aliphatic heterocycles. The number of hydrogen-bond acceptors (Lipinski definition) is 4. The molecule has 0 saturated heterocycles. The zero-order chi connectivity index (χ0) is 12.6. The molecule has 0 aromatic heterocycles. The van der Waals surface area contributed by atoms with Gasteiger partial charge in [-0.25, -0.2) is 0 Å². The molecule has 0 heterocycles. The molecule has 5 heteroatoms. The van der Waals surface area contributed by atoms with Gasteiger partial charge in [0.15, 0.2) is 0 Å². The van der Waals surface area contributed by atoms with Crippen molar-refractivity contribution in [2.24, 2.45) is 11.7 Å². The largest absolute Gasteiger partial charge is 0.382 e. The van der Waals surface area contributed by atoms with Crippen LogP contribution in [-0.2, 0) is 14.3 Å². The van der Waals surface area contributed by atoms with E-state index in [9.17, 15) is 4.79 Å². The van der Waals surface area contributed by atoms with Crippen molar-refractivity contribution in [1.82, 2.24) is 5.32 Å². The molecule has 0 aromatic rings. The highest BCUT2D eigenvalue weighted by atomic mass is 16.5. The zero-order valence-electron chi connectivity index (χ0n) is 10.7. The number of methoxy groups -OCH3 is 2. The van der Waals surface area contributed by atoms with E-state index >= 15 is 0 Å². The third-order valence-corrected chi connectivity index (χ3v) is 2.25. The van der Waals surface area contributed by atoms with E-state index in [2.05, 4.69) is 5.32 Å². The average molecular weight is 232 g/mol. The van der Waals surface area contributed by atoms with Gasteiger partial charge in [0.25, 0.3) is 0 Å². The lowest BCUT2D eigenvalue weighted by atomic mass is 10.0. The second-order valence-electron chi connectivity index (χ2n) is 4.29. The van der Waals surface area contributed by atoms with Gasteiger partial charge in [0.05, 0.1) is 18.8 Å². The topological polar surface area (TPSA) is 73.6 Å². The van der Waals surface area contributed by atoms with Gasteiger partial charge >= 0.3 is 0 Å². The van der Waals surface area contributed by atoms with Crippen LogP contribution in [0.4, 0.5) is 0 Å². The third kappa shape index (κ3) is 6.76. The first-order valence-electron chi connectivity index (χ1n) is 5.56. The number of hydrogen-bond donors (Lipinski definition) is 2. The maximum Gasteiger partial charge on any atom is 0.237 e. The van der Waals surface area contributed by atoms with E-state index < -0.39 is 6.04 Å². The summed E-state index contributed by atoms with van der Waals surface area (Å²) in [6.07, 6.45) is 0.563. The molecular formula is C11H24N2O3. The molecule has 0 fully saturated rings. The van der Waals surface area contributed by atoms with Crippen LogP contribution in [0.5, 0.6) is 0 Å². The van der Waals surface area contributed by atoms with E-state index in [-0.39, 0.29) is 12.0 Å². The summed E-state index contributed by atoms with van der Waals surface area (Å²) >= 11 is 0. The second-order valence-corrected chi connectivity index (χ2v) is 4.29. The fourth-order valence-corrected chi connectivity index (χ4v) is 1.36. The average Bonchev–Trinajstić information content (AvgIpc) is 2.22. The SMILES string of the molecule is COCC(CNC(=O)C(N)CC(C)C)OC. The Morgan fingerprint density at radius 2 is 2.00 bits per heavy atom. The normalized spacial score (nSPS) is 14.9. The second kappa shape index (κ2) is 8.50. The summed E-state index contributed by atoms with van der Waals surface area (Å²) < 4.78 is 10.1. The molecule has 2 atom stereocenters. The smallest absolute Gasteiger partial charge is 0.237 e. The highest BCUT2D eigenvalue weighted by molar-refractivity contribution is 5.81. The van der Waals surface area contributed by atoms with Gasteiger partial charge in [-0.05, 0) is 12.3 Å². The van der Waals surface area contributed by atoms with Gasteiger partial charge in [0, 0.05) is 20.8 Å². The lowest BCUT2D eigenvalue weighted by molar-refractivity contribution is -0.123. The molecule has 1 amide bonds. The van der Waals surface area contributed by atoms with E-state index in [1.807, 2.05) is 13.8 Å². The Balaban J connectivity index is 3.86. The fraction of sp³-hybridized carbons (Fsp3) is 0.909. The molecule has 0 aliphatic carbocycles. The van der Waals surface area contributed by atoms with E-state index in [1.165, 1.54) is 0 Å². The van der Waals surface area contributed by atoms with E-state index in [4.69, 9.17) is 15.2 Å². The molecule has 2 unspecified atom stereocenters. The Labute approximate surface area is 97.7 Å². The highest BCUT2D eigenvalue weighted by Gasteiger charge is 2.16. The lowest BCUT2D eigenvalue weighted by Crippen LogP contribution is -2.45. The molecule has 5 nitrogen and oxygen atoms in total. The Morgan fingerprint density at radius 3 is 2.44 bits per heavy atom. The number of amides is 1. The highest BCUT2D eigenvalue weighted by Crippen LogP contribution is 2.02. The van der Waals surface area contributed by atoms with Crippen molar-refractivity contribution in [2.45, 2.75) is 32.4 Å². The van der Waals surface area contributed by atoms with Gasteiger partial charge in [0.2, 0.25) is 5.91 Å². The molecule has 3 N–H and O–H groups in total. The quantitative estimate of drug-likeness (QED) is 0.624. The molecule has 0 rings (SSSR count). The zero-order valence-corrected chi connectivity index (χ0v) is 10.7. The van der Waals surface area contributed by atoms with E-state index in [0.29, 0.717) is 25.5 Å². The maximum absolute atomic E-state index is 11.6. The number of carbonyl (C=O) groups excluding carboxylic acids is 1. The Morgan fingerprint density at radius 1 is 1.38 bits per heavy atom. The van der Waals surface area contributed by atoms with Crippen molar-refractivity contribution in [2.75, 3.05) is 27.4 Å². The Hall–Kier alpha value is -0.650. The van der Waals surface area contributed by atoms with Gasteiger partial charge in [-0.15, -0.1) is 0 Å². The van der Waals surface area contributed by atoms with E-state index in [1.54, 1.807) is 14.2 Å². The summed E-state index contributed by atoms with van der Waals surface area (Å²) in [4.78, 5) is 11.6. The first-order valence-corrected chi connectivity index (χ1v) is 5.56. The third-order valence-electron chi connectivity index (χ3n) is 2.25. The van der Waals surface area contributed by atoms with Crippen LogP contribution < -0.4 is 11.1 Å². The number of carbonyl (C=O) groups is 1. The molecule has 0 aliphatic rings. The molecular weight excluding hydrogens is 208 g/mol. The number of ether oxygens (including phenoxy) is 2. The summed E-state index contributed by atoms with van der Waals surface area (Å²) in [5.74, 6) is 0.282. The monoisotopic (exact) mass is 232 g/mol. The van der Waals surface area contributed by atoms with Gasteiger partial charge in [-0.1, -0.05) is 13.8 Å². The standard InChI is InChI=1S/C11H24N2O3/c1-8(2)5-10(12)11(14)13-6-9(16-4)7-15-3/h8-10H,5-7,12H2,1-4H3,(H,13,14). The summed E-state index contributed by atoms with van der Waals surface area (Å²) in [5.41, 5.74) is 5.74. The van der Waals surface area contributed by atoms with Crippen LogP contribution in [0.3, 0.4) is 0 Å². The van der Waals surface area contributed by atoms with Crippen LogP contribution in [-0.4, -0.2) is 45.4 Å². The number of rotatable bonds is 8. The molecule has 0 radical (unpaired) electrons. The minimum Gasteiger partial charge on any atom is -0.382 e. The van der Waals surface area contributed by atoms with Crippen LogP contribution in [0.1, 0.15) is 20.3 Å². The minimum atomic E-state index is -0.444. The van der Waals surface area contributed by atoms with Crippen LogP contribution in [0.2, 0.25) is 0 Å². The molecule has 16 heavy (non-hydrogen) atoms. The molecule has 0 aromatic carbocycles. The predicted molar refractivity (Wildman–Crippen MR) is 63.1 cm³/mol. The number of nitrogens with one attached hydrogen (secondary N) is 1. The molecule has 0 saturated carbocycles. The molecule has 0 bridgehead atoms. The fourth-order valence-electron chi connectivity index (χ4n) is 1.36. The van der Waals surface area contributed by atoms with Crippen LogP contribution in [0, 0.1) is 5.92 Å². The maximum atomic E-state index is 11.6. The van der Waals surface area contributed by atoms with Crippen molar-refractivity contribution in [1.29, 1.82) is 0 Å². The van der Waals surface area contributed by atoms with Gasteiger partial charge in [0.1, 0.15) is 0 Å². The summed E-state index contributed by atoms with van der Waals surface area (Å²) in [6.45, 7) is 4.96.